The second-order valence-corrected chi connectivity index (χ2v) is 9.13. The van der Waals surface area contributed by atoms with E-state index in [9.17, 15) is 20.2 Å². The van der Waals surface area contributed by atoms with Crippen LogP contribution in [-0.2, 0) is 5.75 Å². The van der Waals surface area contributed by atoms with Gasteiger partial charge in [0.15, 0.2) is 0 Å². The van der Waals surface area contributed by atoms with Gasteiger partial charge < -0.3 is 0 Å². The number of non-ortho nitro benzene ring substituents is 2. The highest BCUT2D eigenvalue weighted by Crippen LogP contribution is 2.25. The minimum Gasteiger partial charge on any atom is -0.258 e. The van der Waals surface area contributed by atoms with E-state index >= 15 is 0 Å². The maximum absolute atomic E-state index is 10.9. The molecule has 30 heavy (non-hydrogen) atoms. The first-order valence-corrected chi connectivity index (χ1v) is 12.7. The van der Waals surface area contributed by atoms with Crippen LogP contribution >= 0.6 is 11.8 Å². The predicted octanol–water partition coefficient (Wildman–Crippen LogP) is 8.22. The summed E-state index contributed by atoms with van der Waals surface area (Å²) < 4.78 is 0. The van der Waals surface area contributed by atoms with Crippen molar-refractivity contribution in [2.45, 2.75) is 103 Å². The number of thioether (sulfide) groups is 1. The average molecular weight is 439 g/mol. The molecule has 0 aliphatic rings. The third-order valence-corrected chi connectivity index (χ3v) is 6.41. The Morgan fingerprint density at radius 1 is 0.667 bits per heavy atom. The van der Waals surface area contributed by atoms with E-state index in [4.69, 9.17) is 0 Å². The number of unbranched alkanes of at least 4 members (excludes halogenated alkanes) is 13. The largest absolute Gasteiger partial charge is 0.276 e. The number of hydrogen-bond acceptors (Lipinski definition) is 5. The Labute approximate surface area is 185 Å². The van der Waals surface area contributed by atoms with Crippen LogP contribution in [0.1, 0.15) is 102 Å². The third kappa shape index (κ3) is 12.8. The Kier molecular flexibility index (Phi) is 15.0. The lowest BCUT2D eigenvalue weighted by atomic mass is 10.0. The van der Waals surface area contributed by atoms with Gasteiger partial charge in [-0.05, 0) is 17.7 Å². The first kappa shape index (κ1) is 26.4. The van der Waals surface area contributed by atoms with Crippen molar-refractivity contribution in [3.63, 3.8) is 0 Å². The SMILES string of the molecule is CCCCCCCCCCCCCCCCSCc1cc([N+](=O)[O-])cc([N+](=O)[O-])c1. The van der Waals surface area contributed by atoms with Crippen molar-refractivity contribution < 1.29 is 9.85 Å². The van der Waals surface area contributed by atoms with Crippen LogP contribution in [-0.4, -0.2) is 15.6 Å². The smallest absolute Gasteiger partial charge is 0.258 e. The van der Waals surface area contributed by atoms with E-state index in [0.717, 1.165) is 18.2 Å². The topological polar surface area (TPSA) is 86.3 Å². The summed E-state index contributed by atoms with van der Waals surface area (Å²) in [6.45, 7) is 2.26. The van der Waals surface area contributed by atoms with E-state index in [1.807, 2.05) is 0 Å². The zero-order chi connectivity index (χ0) is 22.0. The molecule has 7 heteroatoms. The van der Waals surface area contributed by atoms with E-state index in [1.54, 1.807) is 11.8 Å². The lowest BCUT2D eigenvalue weighted by Gasteiger charge is -2.04. The summed E-state index contributed by atoms with van der Waals surface area (Å²) in [6.07, 6.45) is 18.7. The van der Waals surface area contributed by atoms with Crippen LogP contribution in [0, 0.1) is 20.2 Å². The molecule has 0 saturated carbocycles. The summed E-state index contributed by atoms with van der Waals surface area (Å²) in [7, 11) is 0. The summed E-state index contributed by atoms with van der Waals surface area (Å²) in [6, 6.07) is 3.89. The third-order valence-electron chi connectivity index (χ3n) is 5.29. The lowest BCUT2D eigenvalue weighted by Crippen LogP contribution is -1.95. The van der Waals surface area contributed by atoms with E-state index in [-0.39, 0.29) is 11.4 Å². The van der Waals surface area contributed by atoms with Crippen molar-refractivity contribution in [1.29, 1.82) is 0 Å². The molecule has 0 radical (unpaired) electrons. The molecule has 0 amide bonds. The quantitative estimate of drug-likeness (QED) is 0.123. The summed E-state index contributed by atoms with van der Waals surface area (Å²) in [5.41, 5.74) is 0.221. The molecule has 1 aromatic carbocycles. The molecule has 0 aliphatic carbocycles. The van der Waals surface area contributed by atoms with Gasteiger partial charge in [0.25, 0.3) is 11.4 Å². The molecule has 0 aliphatic heterocycles. The molecular weight excluding hydrogens is 400 g/mol. The molecule has 1 aromatic rings. The average Bonchev–Trinajstić information content (AvgIpc) is 2.73. The first-order chi connectivity index (χ1) is 14.5. The van der Waals surface area contributed by atoms with Crippen molar-refractivity contribution >= 4 is 23.1 Å². The van der Waals surface area contributed by atoms with Gasteiger partial charge in [-0.1, -0.05) is 90.4 Å². The Morgan fingerprint density at radius 2 is 1.07 bits per heavy atom. The number of nitro groups is 2. The predicted molar refractivity (Wildman–Crippen MR) is 126 cm³/mol. The molecule has 0 atom stereocenters. The molecule has 0 unspecified atom stereocenters. The number of rotatable bonds is 19. The maximum Gasteiger partial charge on any atom is 0.276 e. The van der Waals surface area contributed by atoms with E-state index in [0.29, 0.717) is 11.3 Å². The van der Waals surface area contributed by atoms with Gasteiger partial charge in [0.1, 0.15) is 0 Å². The highest BCUT2D eigenvalue weighted by Gasteiger charge is 2.16. The van der Waals surface area contributed by atoms with Gasteiger partial charge in [-0.2, -0.15) is 11.8 Å². The van der Waals surface area contributed by atoms with Gasteiger partial charge in [0, 0.05) is 17.9 Å². The molecule has 0 aromatic heterocycles. The molecule has 0 heterocycles. The van der Waals surface area contributed by atoms with Gasteiger partial charge in [-0.3, -0.25) is 20.2 Å². The summed E-state index contributed by atoms with van der Waals surface area (Å²) in [5, 5.41) is 21.9. The van der Waals surface area contributed by atoms with Crippen LogP contribution in [0.4, 0.5) is 11.4 Å². The number of hydrogen-bond donors (Lipinski definition) is 0. The molecule has 0 saturated heterocycles. The minimum absolute atomic E-state index is 0.212. The van der Waals surface area contributed by atoms with Crippen LogP contribution in [0.5, 0.6) is 0 Å². The summed E-state index contributed by atoms with van der Waals surface area (Å²) in [5.74, 6) is 1.55. The fourth-order valence-electron chi connectivity index (χ4n) is 3.54. The minimum atomic E-state index is -0.575. The first-order valence-electron chi connectivity index (χ1n) is 11.5. The Morgan fingerprint density at radius 3 is 1.47 bits per heavy atom. The van der Waals surface area contributed by atoms with Crippen molar-refractivity contribution in [2.75, 3.05) is 5.75 Å². The van der Waals surface area contributed by atoms with Gasteiger partial charge in [0.2, 0.25) is 0 Å². The Balaban J connectivity index is 2.00. The second-order valence-electron chi connectivity index (χ2n) is 8.02. The summed E-state index contributed by atoms with van der Waals surface area (Å²) in [4.78, 5) is 20.7. The normalized spacial score (nSPS) is 11.0. The van der Waals surface area contributed by atoms with Gasteiger partial charge >= 0.3 is 0 Å². The summed E-state index contributed by atoms with van der Waals surface area (Å²) >= 11 is 1.69. The number of nitrogens with zero attached hydrogens (tertiary/aromatic N) is 2. The van der Waals surface area contributed by atoms with Crippen LogP contribution in [0.3, 0.4) is 0 Å². The fourth-order valence-corrected chi connectivity index (χ4v) is 4.49. The molecule has 0 fully saturated rings. The van der Waals surface area contributed by atoms with E-state index < -0.39 is 9.85 Å². The zero-order valence-corrected chi connectivity index (χ0v) is 19.3. The second kappa shape index (κ2) is 17.1. The Hall–Kier alpha value is -1.63. The van der Waals surface area contributed by atoms with Crippen LogP contribution in [0.2, 0.25) is 0 Å². The van der Waals surface area contributed by atoms with E-state index in [1.165, 1.54) is 95.6 Å². The highest BCUT2D eigenvalue weighted by molar-refractivity contribution is 7.98. The van der Waals surface area contributed by atoms with Crippen LogP contribution in [0.15, 0.2) is 18.2 Å². The lowest BCUT2D eigenvalue weighted by molar-refractivity contribution is -0.394. The fraction of sp³-hybridized carbons (Fsp3) is 0.739. The monoisotopic (exact) mass is 438 g/mol. The van der Waals surface area contributed by atoms with Crippen LogP contribution < -0.4 is 0 Å². The molecule has 170 valence electrons. The standard InChI is InChI=1S/C23H38N2O4S/c1-2-3-4-5-6-7-8-9-10-11-12-13-14-15-16-30-20-21-17-22(24(26)27)19-23(18-21)25(28)29/h17-19H,2-16,20H2,1H3. The van der Waals surface area contributed by atoms with Crippen molar-refractivity contribution in [3.05, 3.63) is 44.0 Å². The van der Waals surface area contributed by atoms with Crippen LogP contribution in [0.25, 0.3) is 0 Å². The molecule has 0 N–H and O–H groups in total. The molecule has 1 rings (SSSR count). The van der Waals surface area contributed by atoms with Crippen molar-refractivity contribution in [1.82, 2.24) is 0 Å². The van der Waals surface area contributed by atoms with Gasteiger partial charge in [-0.15, -0.1) is 0 Å². The highest BCUT2D eigenvalue weighted by atomic mass is 32.2. The molecule has 0 bridgehead atoms. The molecule has 0 spiro atoms. The number of nitro benzene ring substituents is 2. The number of benzene rings is 1. The van der Waals surface area contributed by atoms with Gasteiger partial charge in [0.05, 0.1) is 15.9 Å². The maximum atomic E-state index is 10.9. The van der Waals surface area contributed by atoms with E-state index in [2.05, 4.69) is 6.92 Å². The van der Waals surface area contributed by atoms with Crippen molar-refractivity contribution in [3.8, 4) is 0 Å². The Bertz CT molecular complexity index is 593. The van der Waals surface area contributed by atoms with Crippen molar-refractivity contribution in [2.24, 2.45) is 0 Å². The van der Waals surface area contributed by atoms with Gasteiger partial charge in [-0.25, -0.2) is 0 Å². The zero-order valence-electron chi connectivity index (χ0n) is 18.5. The molecular formula is C23H38N2O4S. The molecule has 6 nitrogen and oxygen atoms in total.